The molecular weight excluding hydrogens is 294 g/mol. The van der Waals surface area contributed by atoms with Gasteiger partial charge in [0.15, 0.2) is 0 Å². The molecule has 21 heavy (non-hydrogen) atoms. The van der Waals surface area contributed by atoms with Crippen molar-refractivity contribution in [3.63, 3.8) is 0 Å². The smallest absolute Gasteiger partial charge is 0.325 e. The van der Waals surface area contributed by atoms with Crippen molar-refractivity contribution in [2.24, 2.45) is 0 Å². The minimum absolute atomic E-state index is 0.0583. The van der Waals surface area contributed by atoms with Gasteiger partial charge in [-0.05, 0) is 31.9 Å². The van der Waals surface area contributed by atoms with Gasteiger partial charge in [-0.1, -0.05) is 13.8 Å². The number of sulfonamides is 1. The van der Waals surface area contributed by atoms with Crippen LogP contribution in [0.4, 0.5) is 5.82 Å². The molecule has 0 aliphatic heterocycles. The van der Waals surface area contributed by atoms with Gasteiger partial charge in [0.05, 0.1) is 0 Å². The Balaban J connectivity index is 2.84. The van der Waals surface area contributed by atoms with E-state index in [1.54, 1.807) is 0 Å². The maximum Gasteiger partial charge on any atom is 0.325 e. The van der Waals surface area contributed by atoms with Crippen LogP contribution in [0.15, 0.2) is 23.2 Å². The van der Waals surface area contributed by atoms with Crippen LogP contribution in [0.2, 0.25) is 0 Å². The first-order chi connectivity index (χ1) is 9.80. The minimum Gasteiger partial charge on any atom is -0.480 e. The largest absolute Gasteiger partial charge is 0.480 e. The van der Waals surface area contributed by atoms with Crippen LogP contribution in [0.25, 0.3) is 0 Å². The van der Waals surface area contributed by atoms with E-state index >= 15 is 0 Å². The predicted octanol–water partition coefficient (Wildman–Crippen LogP) is 1.43. The fraction of sp³-hybridized carbons (Fsp3) is 0.538. The van der Waals surface area contributed by atoms with Crippen LogP contribution >= 0.6 is 0 Å². The van der Waals surface area contributed by atoms with Gasteiger partial charge in [0.25, 0.3) is 0 Å². The van der Waals surface area contributed by atoms with Crippen molar-refractivity contribution in [2.75, 3.05) is 5.32 Å². The summed E-state index contributed by atoms with van der Waals surface area (Å²) < 4.78 is 26.9. The zero-order valence-corrected chi connectivity index (χ0v) is 13.1. The minimum atomic E-state index is -3.60. The number of carboxylic acids is 1. The van der Waals surface area contributed by atoms with Crippen molar-refractivity contribution >= 4 is 21.8 Å². The Morgan fingerprint density at radius 1 is 1.33 bits per heavy atom. The molecule has 0 radical (unpaired) electrons. The van der Waals surface area contributed by atoms with E-state index in [9.17, 15) is 13.2 Å². The summed E-state index contributed by atoms with van der Waals surface area (Å²) in [5.74, 6) is -0.699. The number of rotatable bonds is 8. The van der Waals surface area contributed by atoms with E-state index in [4.69, 9.17) is 5.11 Å². The number of hydrogen-bond acceptors (Lipinski definition) is 5. The van der Waals surface area contributed by atoms with E-state index in [2.05, 4.69) is 15.0 Å². The molecule has 0 aliphatic rings. The van der Waals surface area contributed by atoms with E-state index in [1.807, 2.05) is 13.8 Å². The number of carbonyl (C=O) groups is 1. The molecule has 1 rings (SSSR count). The van der Waals surface area contributed by atoms with E-state index in [0.29, 0.717) is 18.7 Å². The molecule has 1 aromatic rings. The summed E-state index contributed by atoms with van der Waals surface area (Å²) in [6.07, 6.45) is 2.62. The molecule has 1 aromatic heterocycles. The van der Waals surface area contributed by atoms with Gasteiger partial charge in [-0.25, -0.2) is 18.1 Å². The first-order valence-corrected chi connectivity index (χ1v) is 8.26. The number of pyridine rings is 1. The van der Waals surface area contributed by atoms with Gasteiger partial charge < -0.3 is 10.4 Å². The Hall–Kier alpha value is -1.67. The van der Waals surface area contributed by atoms with Crippen molar-refractivity contribution in [3.05, 3.63) is 18.3 Å². The molecule has 118 valence electrons. The van der Waals surface area contributed by atoms with Crippen molar-refractivity contribution < 1.29 is 18.3 Å². The highest BCUT2D eigenvalue weighted by atomic mass is 32.2. The van der Waals surface area contributed by atoms with Gasteiger partial charge in [0.1, 0.15) is 16.8 Å². The van der Waals surface area contributed by atoms with Crippen molar-refractivity contribution in [1.29, 1.82) is 0 Å². The summed E-state index contributed by atoms with van der Waals surface area (Å²) in [6.45, 7) is 5.30. The molecule has 0 amide bonds. The van der Waals surface area contributed by atoms with Crippen molar-refractivity contribution in [3.8, 4) is 0 Å². The van der Waals surface area contributed by atoms with Gasteiger partial charge in [-0.3, -0.25) is 4.79 Å². The van der Waals surface area contributed by atoms with E-state index in [0.717, 1.165) is 0 Å². The first-order valence-electron chi connectivity index (χ1n) is 6.77. The number of hydrogen-bond donors (Lipinski definition) is 3. The monoisotopic (exact) mass is 315 g/mol. The molecule has 0 saturated carbocycles. The summed E-state index contributed by atoms with van der Waals surface area (Å²) in [6, 6.07) is 1.93. The van der Waals surface area contributed by atoms with Crippen LogP contribution in [-0.2, 0) is 14.8 Å². The molecule has 0 aromatic carbocycles. The lowest BCUT2D eigenvalue weighted by Crippen LogP contribution is -2.34. The van der Waals surface area contributed by atoms with E-state index < -0.39 is 22.0 Å². The summed E-state index contributed by atoms with van der Waals surface area (Å²) in [5, 5.41) is 11.4. The third-order valence-electron chi connectivity index (χ3n) is 3.09. The topological polar surface area (TPSA) is 108 Å². The van der Waals surface area contributed by atoms with Crippen molar-refractivity contribution in [1.82, 2.24) is 9.71 Å². The number of nitrogens with zero attached hydrogens (tertiary/aromatic N) is 1. The summed E-state index contributed by atoms with van der Waals surface area (Å²) in [7, 11) is -3.60. The lowest BCUT2D eigenvalue weighted by atomic mass is 10.2. The second kappa shape index (κ2) is 7.37. The Morgan fingerprint density at radius 3 is 2.38 bits per heavy atom. The van der Waals surface area contributed by atoms with Gasteiger partial charge in [-0.2, -0.15) is 0 Å². The van der Waals surface area contributed by atoms with Crippen LogP contribution in [0.5, 0.6) is 0 Å². The van der Waals surface area contributed by atoms with Crippen molar-refractivity contribution in [2.45, 2.75) is 50.6 Å². The Bertz CT molecular complexity index is 568. The van der Waals surface area contributed by atoms with Crippen LogP contribution in [0, 0.1) is 0 Å². The highest BCUT2D eigenvalue weighted by Gasteiger charge is 2.18. The SMILES string of the molecule is CCC(CC)NS(=O)(=O)c1ccc(N[C@H](C)C(=O)O)nc1. The number of carboxylic acid groups (broad SMARTS) is 1. The molecule has 1 atom stereocenters. The average molecular weight is 315 g/mol. The highest BCUT2D eigenvalue weighted by Crippen LogP contribution is 2.13. The standard InChI is InChI=1S/C13H21N3O4S/c1-4-10(5-2)16-21(19,20)11-6-7-12(14-8-11)15-9(3)13(17)18/h6-10,16H,4-5H2,1-3H3,(H,14,15)(H,17,18)/t9-/m1/s1. The Morgan fingerprint density at radius 2 is 1.95 bits per heavy atom. The van der Waals surface area contributed by atoms with Gasteiger partial charge in [0.2, 0.25) is 10.0 Å². The number of aliphatic carboxylic acids is 1. The fourth-order valence-corrected chi connectivity index (χ4v) is 3.00. The third kappa shape index (κ3) is 4.98. The third-order valence-corrected chi connectivity index (χ3v) is 4.59. The Labute approximate surface area is 124 Å². The molecule has 0 fully saturated rings. The molecule has 1 heterocycles. The van der Waals surface area contributed by atoms with Crippen LogP contribution in [-0.4, -0.2) is 36.6 Å². The maximum atomic E-state index is 12.1. The fourth-order valence-electron chi connectivity index (χ4n) is 1.65. The zero-order valence-electron chi connectivity index (χ0n) is 12.3. The average Bonchev–Trinajstić information content (AvgIpc) is 2.45. The summed E-state index contributed by atoms with van der Waals surface area (Å²) >= 11 is 0. The quantitative estimate of drug-likeness (QED) is 0.670. The molecule has 0 aliphatic carbocycles. The normalized spacial score (nSPS) is 13.1. The number of aromatic nitrogens is 1. The molecule has 3 N–H and O–H groups in total. The van der Waals surface area contributed by atoms with E-state index in [1.165, 1.54) is 25.3 Å². The predicted molar refractivity (Wildman–Crippen MR) is 79.6 cm³/mol. The highest BCUT2D eigenvalue weighted by molar-refractivity contribution is 7.89. The summed E-state index contributed by atoms with van der Waals surface area (Å²) in [4.78, 5) is 14.7. The maximum absolute atomic E-state index is 12.1. The second-order valence-electron chi connectivity index (χ2n) is 4.72. The van der Waals surface area contributed by atoms with Crippen LogP contribution in [0.1, 0.15) is 33.6 Å². The van der Waals surface area contributed by atoms with Crippen LogP contribution in [0.3, 0.4) is 0 Å². The molecular formula is C13H21N3O4S. The molecule has 8 heteroatoms. The van der Waals surface area contributed by atoms with Gasteiger partial charge in [-0.15, -0.1) is 0 Å². The molecule has 0 spiro atoms. The molecule has 0 unspecified atom stereocenters. The summed E-state index contributed by atoms with van der Waals surface area (Å²) in [5.41, 5.74) is 0. The number of anilines is 1. The first kappa shape index (κ1) is 17.4. The number of nitrogens with one attached hydrogen (secondary N) is 2. The van der Waals surface area contributed by atoms with Gasteiger partial charge in [0, 0.05) is 12.2 Å². The molecule has 7 nitrogen and oxygen atoms in total. The van der Waals surface area contributed by atoms with Crippen LogP contribution < -0.4 is 10.0 Å². The second-order valence-corrected chi connectivity index (χ2v) is 6.43. The Kier molecular flexibility index (Phi) is 6.10. The lowest BCUT2D eigenvalue weighted by Gasteiger charge is -2.15. The zero-order chi connectivity index (χ0) is 16.0. The molecule has 0 saturated heterocycles. The van der Waals surface area contributed by atoms with E-state index in [-0.39, 0.29) is 10.9 Å². The molecule has 0 bridgehead atoms. The van der Waals surface area contributed by atoms with Gasteiger partial charge >= 0.3 is 5.97 Å². The lowest BCUT2D eigenvalue weighted by molar-refractivity contribution is -0.137.